The number of aromatic nitrogens is 2. The van der Waals surface area contributed by atoms with E-state index in [0.29, 0.717) is 18.1 Å². The number of hydrogen-bond acceptors (Lipinski definition) is 7. The second-order valence-corrected chi connectivity index (χ2v) is 9.70. The molecule has 0 aliphatic carbocycles. The number of carboxylic acids is 1. The zero-order valence-corrected chi connectivity index (χ0v) is 21.6. The molecule has 0 aliphatic heterocycles. The zero-order valence-electron chi connectivity index (χ0n) is 20.8. The van der Waals surface area contributed by atoms with Crippen LogP contribution in [0.5, 0.6) is 5.75 Å². The molecule has 1 unspecified atom stereocenters. The molecule has 0 saturated carbocycles. The van der Waals surface area contributed by atoms with E-state index in [4.69, 9.17) is 14.2 Å². The van der Waals surface area contributed by atoms with Crippen molar-refractivity contribution in [2.75, 3.05) is 13.1 Å². The van der Waals surface area contributed by atoms with Gasteiger partial charge in [0.05, 0.1) is 22.7 Å². The van der Waals surface area contributed by atoms with E-state index >= 15 is 0 Å². The number of carbonyl (C=O) groups is 1. The van der Waals surface area contributed by atoms with Gasteiger partial charge in [-0.3, -0.25) is 9.69 Å². The smallest absolute Gasteiger partial charge is 0.304 e. The number of carboxylic acid groups (broad SMARTS) is 1. The molecular weight excluding hydrogens is 474 g/mol. The van der Waals surface area contributed by atoms with Crippen molar-refractivity contribution in [1.82, 2.24) is 15.0 Å². The van der Waals surface area contributed by atoms with E-state index in [9.17, 15) is 9.90 Å². The van der Waals surface area contributed by atoms with Crippen LogP contribution in [0.15, 0.2) is 65.4 Å². The maximum Gasteiger partial charge on any atom is 0.304 e. The summed E-state index contributed by atoms with van der Waals surface area (Å²) in [5.74, 6) is -0.554. The predicted molar refractivity (Wildman–Crippen MR) is 140 cm³/mol. The lowest BCUT2D eigenvalue weighted by atomic mass is 9.92. The van der Waals surface area contributed by atoms with Crippen LogP contribution in [0.1, 0.15) is 53.6 Å². The molecule has 7 nitrogen and oxygen atoms in total. The van der Waals surface area contributed by atoms with E-state index in [1.165, 1.54) is 11.8 Å². The summed E-state index contributed by atoms with van der Waals surface area (Å²) in [5, 5.41) is 14.2. The third-order valence-electron chi connectivity index (χ3n) is 6.24. The topological polar surface area (TPSA) is 88.7 Å². The second-order valence-electron chi connectivity index (χ2n) is 8.62. The molecule has 1 N–H and O–H groups in total. The van der Waals surface area contributed by atoms with Gasteiger partial charge in [-0.15, -0.1) is 11.3 Å². The van der Waals surface area contributed by atoms with Crippen molar-refractivity contribution in [3.63, 3.8) is 0 Å². The summed E-state index contributed by atoms with van der Waals surface area (Å²) in [6.45, 7) is 9.83. The van der Waals surface area contributed by atoms with Crippen LogP contribution < -0.4 is 4.74 Å². The summed E-state index contributed by atoms with van der Waals surface area (Å²) >= 11 is 1.64. The second kappa shape index (κ2) is 12.0. The quantitative estimate of drug-likeness (QED) is 0.248. The van der Waals surface area contributed by atoms with Crippen molar-refractivity contribution in [3.8, 4) is 16.3 Å². The highest BCUT2D eigenvalue weighted by Gasteiger charge is 2.20. The third kappa shape index (κ3) is 6.38. The van der Waals surface area contributed by atoms with Crippen molar-refractivity contribution in [3.05, 3.63) is 88.3 Å². The Morgan fingerprint density at radius 2 is 1.81 bits per heavy atom. The summed E-state index contributed by atoms with van der Waals surface area (Å²) in [6, 6.07) is 17.8. The molecule has 4 rings (SSSR count). The number of benzene rings is 2. The molecule has 0 spiro atoms. The van der Waals surface area contributed by atoms with Crippen LogP contribution >= 0.6 is 11.3 Å². The fourth-order valence-electron chi connectivity index (χ4n) is 4.06. The molecule has 0 bridgehead atoms. The van der Waals surface area contributed by atoms with Crippen LogP contribution in [-0.2, 0) is 17.9 Å². The number of nitrogens with zero attached hydrogens (tertiary/aromatic N) is 3. The van der Waals surface area contributed by atoms with Crippen molar-refractivity contribution in [2.24, 2.45) is 0 Å². The van der Waals surface area contributed by atoms with Crippen molar-refractivity contribution < 1.29 is 19.2 Å². The fourth-order valence-corrected chi connectivity index (χ4v) is 5.04. The van der Waals surface area contributed by atoms with Gasteiger partial charge in [-0.05, 0) is 43.3 Å². The van der Waals surface area contributed by atoms with Gasteiger partial charge in [0, 0.05) is 24.1 Å². The molecule has 2 aromatic heterocycles. The molecule has 188 valence electrons. The fraction of sp³-hybridized carbons (Fsp3) is 0.321. The first kappa shape index (κ1) is 25.6. The van der Waals surface area contributed by atoms with Crippen molar-refractivity contribution in [1.29, 1.82) is 0 Å². The molecular formula is C28H31N3O4S. The molecule has 0 amide bonds. The first-order valence-electron chi connectivity index (χ1n) is 12.1. The van der Waals surface area contributed by atoms with E-state index in [-0.39, 0.29) is 12.3 Å². The van der Waals surface area contributed by atoms with Crippen molar-refractivity contribution >= 4 is 17.3 Å². The van der Waals surface area contributed by atoms with Gasteiger partial charge in [0.2, 0.25) is 0 Å². The standard InChI is InChI=1S/C28H31N3O4S/c1-4-31(5-2)17-20-6-8-22(9-7-20)28-29-19(3)26(36-28)18-34-23-12-10-21(11-13-23)24(16-27(32)33)25-14-15-35-30-25/h6-15,24H,4-5,16-18H2,1-3H3,(H,32,33). The maximum atomic E-state index is 11.3. The largest absolute Gasteiger partial charge is 0.488 e. The zero-order chi connectivity index (χ0) is 25.5. The summed E-state index contributed by atoms with van der Waals surface area (Å²) in [7, 11) is 0. The predicted octanol–water partition coefficient (Wildman–Crippen LogP) is 6.13. The van der Waals surface area contributed by atoms with E-state index in [0.717, 1.165) is 46.3 Å². The summed E-state index contributed by atoms with van der Waals surface area (Å²) < 4.78 is 10.9. The van der Waals surface area contributed by atoms with E-state index in [1.54, 1.807) is 17.4 Å². The molecule has 4 aromatic rings. The maximum absolute atomic E-state index is 11.3. The number of aryl methyl sites for hydroxylation is 1. The van der Waals surface area contributed by atoms with Gasteiger partial charge in [0.15, 0.2) is 0 Å². The lowest BCUT2D eigenvalue weighted by Crippen LogP contribution is -2.21. The Bertz CT molecular complexity index is 1250. The summed E-state index contributed by atoms with van der Waals surface area (Å²) in [5.41, 5.74) is 4.82. The van der Waals surface area contributed by atoms with Crippen LogP contribution in [0.25, 0.3) is 10.6 Å². The van der Waals surface area contributed by atoms with Crippen LogP contribution in [-0.4, -0.2) is 39.2 Å². The Morgan fingerprint density at radius 3 is 2.42 bits per heavy atom. The molecule has 36 heavy (non-hydrogen) atoms. The van der Waals surface area contributed by atoms with Crippen LogP contribution in [0.3, 0.4) is 0 Å². The average Bonchev–Trinajstić information content (AvgIpc) is 3.55. The molecule has 0 radical (unpaired) electrons. The van der Waals surface area contributed by atoms with Crippen LogP contribution in [0.2, 0.25) is 0 Å². The van der Waals surface area contributed by atoms with Gasteiger partial charge in [-0.25, -0.2) is 4.98 Å². The highest BCUT2D eigenvalue weighted by atomic mass is 32.1. The molecule has 2 heterocycles. The Hall–Kier alpha value is -3.49. The van der Waals surface area contributed by atoms with Gasteiger partial charge in [-0.2, -0.15) is 0 Å². The van der Waals surface area contributed by atoms with Crippen LogP contribution in [0, 0.1) is 6.92 Å². The molecule has 0 aliphatic rings. The third-order valence-corrected chi connectivity index (χ3v) is 7.42. The first-order valence-corrected chi connectivity index (χ1v) is 12.9. The Balaban J connectivity index is 1.40. The highest BCUT2D eigenvalue weighted by Crippen LogP contribution is 2.31. The minimum atomic E-state index is -0.890. The van der Waals surface area contributed by atoms with E-state index < -0.39 is 5.97 Å². The average molecular weight is 506 g/mol. The normalized spacial score (nSPS) is 12.1. The monoisotopic (exact) mass is 505 g/mol. The van der Waals surface area contributed by atoms with Gasteiger partial charge < -0.3 is 14.4 Å². The Morgan fingerprint density at radius 1 is 1.08 bits per heavy atom. The Kier molecular flexibility index (Phi) is 8.51. The van der Waals surface area contributed by atoms with E-state index in [1.807, 2.05) is 31.2 Å². The lowest BCUT2D eigenvalue weighted by Gasteiger charge is -2.17. The van der Waals surface area contributed by atoms with E-state index in [2.05, 4.69) is 48.2 Å². The number of aliphatic carboxylic acids is 1. The summed E-state index contributed by atoms with van der Waals surface area (Å²) in [4.78, 5) is 19.6. The molecule has 8 heteroatoms. The van der Waals surface area contributed by atoms with Gasteiger partial charge in [0.25, 0.3) is 0 Å². The number of hydrogen-bond donors (Lipinski definition) is 1. The number of thiazole rings is 1. The minimum absolute atomic E-state index is 0.0635. The molecule has 0 saturated heterocycles. The number of ether oxygens (including phenoxy) is 1. The van der Waals surface area contributed by atoms with Gasteiger partial charge in [-0.1, -0.05) is 55.4 Å². The number of rotatable bonds is 12. The molecule has 1 atom stereocenters. The minimum Gasteiger partial charge on any atom is -0.488 e. The lowest BCUT2D eigenvalue weighted by molar-refractivity contribution is -0.137. The summed E-state index contributed by atoms with van der Waals surface area (Å²) in [6.07, 6.45) is 1.39. The highest BCUT2D eigenvalue weighted by molar-refractivity contribution is 7.15. The first-order chi connectivity index (χ1) is 17.5. The van der Waals surface area contributed by atoms with Crippen molar-refractivity contribution in [2.45, 2.75) is 46.3 Å². The molecule has 2 aromatic carbocycles. The molecule has 0 fully saturated rings. The van der Waals surface area contributed by atoms with Gasteiger partial charge >= 0.3 is 5.97 Å². The van der Waals surface area contributed by atoms with Gasteiger partial charge in [0.1, 0.15) is 23.6 Å². The van der Waals surface area contributed by atoms with Crippen LogP contribution in [0.4, 0.5) is 0 Å². The Labute approximate surface area is 215 Å². The SMILES string of the molecule is CCN(CC)Cc1ccc(-c2nc(C)c(COc3ccc(C(CC(=O)O)c4ccon4)cc3)s2)cc1.